The van der Waals surface area contributed by atoms with E-state index >= 15 is 0 Å². The van der Waals surface area contributed by atoms with E-state index in [0.717, 1.165) is 5.56 Å². The normalized spacial score (nSPS) is 15.8. The molecule has 0 saturated carbocycles. The van der Waals surface area contributed by atoms with E-state index in [2.05, 4.69) is 10.5 Å². The third-order valence-corrected chi connectivity index (χ3v) is 4.43. The van der Waals surface area contributed by atoms with Crippen LogP contribution in [0.1, 0.15) is 24.5 Å². The summed E-state index contributed by atoms with van der Waals surface area (Å²) in [4.78, 5) is 19.6. The molecule has 0 bridgehead atoms. The Morgan fingerprint density at radius 3 is 2.89 bits per heavy atom. The number of hydrogen-bond acceptors (Lipinski definition) is 3. The molecule has 2 aromatic rings. The number of urea groups is 1. The second-order valence-corrected chi connectivity index (χ2v) is 6.76. The first-order valence-electron chi connectivity index (χ1n) is 8.81. The van der Waals surface area contributed by atoms with Gasteiger partial charge in [-0.3, -0.25) is 0 Å². The molecule has 1 aliphatic rings. The average Bonchev–Trinajstić information content (AvgIpc) is 3.10. The number of halogens is 2. The zero-order valence-corrected chi connectivity index (χ0v) is 15.7. The molecule has 0 aromatic heterocycles. The molecule has 0 unspecified atom stereocenters. The molecule has 7 heteroatoms. The molecular formula is C20H21ClFN3O2. The van der Waals surface area contributed by atoms with Crippen LogP contribution in [0.25, 0.3) is 0 Å². The summed E-state index contributed by atoms with van der Waals surface area (Å²) in [6.07, 6.45) is 0.222. The van der Waals surface area contributed by atoms with E-state index in [1.807, 2.05) is 25.1 Å². The summed E-state index contributed by atoms with van der Waals surface area (Å²) < 4.78 is 13.4. The standard InChI is InChI=1S/C20H21ClFN3O2/c1-2-23-20(26)25(12-14-5-3-7-16(21)9-14)13-18-11-19(24-27-18)15-6-4-8-17(22)10-15/h3-10,18H,2,11-13H2,1H3,(H,23,26)/t18-/m1/s1. The van der Waals surface area contributed by atoms with Crippen molar-refractivity contribution in [2.75, 3.05) is 13.1 Å². The minimum atomic E-state index is -0.316. The second kappa shape index (κ2) is 8.86. The highest BCUT2D eigenvalue weighted by Gasteiger charge is 2.27. The van der Waals surface area contributed by atoms with Crippen LogP contribution in [0.4, 0.5) is 9.18 Å². The Balaban J connectivity index is 1.67. The highest BCUT2D eigenvalue weighted by molar-refractivity contribution is 6.30. The van der Waals surface area contributed by atoms with E-state index in [9.17, 15) is 9.18 Å². The van der Waals surface area contributed by atoms with E-state index < -0.39 is 0 Å². The molecule has 0 radical (unpaired) electrons. The molecule has 142 valence electrons. The smallest absolute Gasteiger partial charge is 0.317 e. The van der Waals surface area contributed by atoms with Gasteiger partial charge < -0.3 is 15.1 Å². The van der Waals surface area contributed by atoms with Gasteiger partial charge in [0.25, 0.3) is 0 Å². The molecule has 0 saturated heterocycles. The maximum Gasteiger partial charge on any atom is 0.317 e. The number of hydrogen-bond donors (Lipinski definition) is 1. The van der Waals surface area contributed by atoms with Crippen LogP contribution in [0.15, 0.2) is 53.7 Å². The summed E-state index contributed by atoms with van der Waals surface area (Å²) in [7, 11) is 0. The molecule has 2 amide bonds. The molecule has 2 aromatic carbocycles. The lowest BCUT2D eigenvalue weighted by molar-refractivity contribution is 0.0590. The van der Waals surface area contributed by atoms with Crippen molar-refractivity contribution in [3.05, 3.63) is 70.5 Å². The predicted octanol–water partition coefficient (Wildman–Crippen LogP) is 4.20. The summed E-state index contributed by atoms with van der Waals surface area (Å²) in [5, 5.41) is 7.52. The summed E-state index contributed by atoms with van der Waals surface area (Å²) in [6, 6.07) is 13.5. The maximum atomic E-state index is 13.4. The predicted molar refractivity (Wildman–Crippen MR) is 103 cm³/mol. The molecule has 27 heavy (non-hydrogen) atoms. The topological polar surface area (TPSA) is 53.9 Å². The number of rotatable bonds is 6. The third kappa shape index (κ3) is 5.20. The number of amides is 2. The van der Waals surface area contributed by atoms with Crippen LogP contribution in [-0.2, 0) is 11.4 Å². The van der Waals surface area contributed by atoms with Gasteiger partial charge in [0, 0.05) is 30.1 Å². The molecule has 0 spiro atoms. The van der Waals surface area contributed by atoms with Crippen LogP contribution >= 0.6 is 11.6 Å². The van der Waals surface area contributed by atoms with Gasteiger partial charge in [0.2, 0.25) is 0 Å². The molecule has 1 atom stereocenters. The van der Waals surface area contributed by atoms with E-state index in [1.165, 1.54) is 12.1 Å². The lowest BCUT2D eigenvalue weighted by atomic mass is 10.0. The highest BCUT2D eigenvalue weighted by atomic mass is 35.5. The number of oxime groups is 1. The Labute approximate surface area is 162 Å². The molecule has 3 rings (SSSR count). The van der Waals surface area contributed by atoms with Gasteiger partial charge in [-0.2, -0.15) is 0 Å². The molecule has 1 aliphatic heterocycles. The van der Waals surface area contributed by atoms with Gasteiger partial charge in [-0.05, 0) is 36.8 Å². The van der Waals surface area contributed by atoms with E-state index in [1.54, 1.807) is 23.1 Å². The molecule has 0 fully saturated rings. The fourth-order valence-corrected chi connectivity index (χ4v) is 3.16. The van der Waals surface area contributed by atoms with Crippen LogP contribution in [0.3, 0.4) is 0 Å². The first kappa shape index (κ1) is 19.2. The number of nitrogens with one attached hydrogen (secondary N) is 1. The number of carbonyl (C=O) groups is 1. The highest BCUT2D eigenvalue weighted by Crippen LogP contribution is 2.20. The van der Waals surface area contributed by atoms with Crippen LogP contribution < -0.4 is 5.32 Å². The summed E-state index contributed by atoms with van der Waals surface area (Å²) in [5.41, 5.74) is 2.30. The Bertz CT molecular complexity index is 843. The van der Waals surface area contributed by atoms with Crippen molar-refractivity contribution in [1.29, 1.82) is 0 Å². The number of nitrogens with zero attached hydrogens (tertiary/aromatic N) is 2. The second-order valence-electron chi connectivity index (χ2n) is 6.33. The molecular weight excluding hydrogens is 369 g/mol. The van der Waals surface area contributed by atoms with Gasteiger partial charge >= 0.3 is 6.03 Å². The molecule has 0 aliphatic carbocycles. The van der Waals surface area contributed by atoms with Crippen molar-refractivity contribution >= 4 is 23.3 Å². The summed E-state index contributed by atoms with van der Waals surface area (Å²) in [6.45, 7) is 3.16. The van der Waals surface area contributed by atoms with Crippen molar-refractivity contribution in [1.82, 2.24) is 10.2 Å². The fourth-order valence-electron chi connectivity index (χ4n) is 2.95. The van der Waals surface area contributed by atoms with Gasteiger partial charge in [0.05, 0.1) is 12.3 Å². The Morgan fingerprint density at radius 2 is 2.15 bits per heavy atom. The summed E-state index contributed by atoms with van der Waals surface area (Å²) in [5.74, 6) is -0.316. The SMILES string of the molecule is CCNC(=O)N(Cc1cccc(Cl)c1)C[C@H]1CC(c2cccc(F)c2)=NO1. The Morgan fingerprint density at radius 1 is 1.33 bits per heavy atom. The Hall–Kier alpha value is -2.60. The number of carbonyl (C=O) groups excluding carboxylic acids is 1. The van der Waals surface area contributed by atoms with Crippen LogP contribution in [0, 0.1) is 5.82 Å². The average molecular weight is 390 g/mol. The van der Waals surface area contributed by atoms with Gasteiger partial charge in [-0.15, -0.1) is 0 Å². The van der Waals surface area contributed by atoms with Crippen LogP contribution in [-0.4, -0.2) is 35.8 Å². The zero-order chi connectivity index (χ0) is 19.2. The van der Waals surface area contributed by atoms with Crippen molar-refractivity contribution in [2.24, 2.45) is 5.16 Å². The minimum absolute atomic E-state index is 0.180. The van der Waals surface area contributed by atoms with Crippen molar-refractivity contribution < 1.29 is 14.0 Å². The first-order valence-corrected chi connectivity index (χ1v) is 9.18. The van der Waals surface area contributed by atoms with Gasteiger partial charge in [-0.25, -0.2) is 9.18 Å². The van der Waals surface area contributed by atoms with Gasteiger partial charge in [0.1, 0.15) is 5.82 Å². The van der Waals surface area contributed by atoms with Crippen molar-refractivity contribution in [2.45, 2.75) is 26.0 Å². The fraction of sp³-hybridized carbons (Fsp3) is 0.300. The van der Waals surface area contributed by atoms with Crippen LogP contribution in [0.2, 0.25) is 5.02 Å². The zero-order valence-electron chi connectivity index (χ0n) is 15.0. The van der Waals surface area contributed by atoms with E-state index in [4.69, 9.17) is 16.4 Å². The Kier molecular flexibility index (Phi) is 6.29. The van der Waals surface area contributed by atoms with Crippen LogP contribution in [0.5, 0.6) is 0 Å². The summed E-state index contributed by atoms with van der Waals surface area (Å²) >= 11 is 6.05. The molecule has 1 heterocycles. The van der Waals surface area contributed by atoms with Gasteiger partial charge in [-0.1, -0.05) is 41.0 Å². The largest absolute Gasteiger partial charge is 0.390 e. The maximum absolute atomic E-state index is 13.4. The lowest BCUT2D eigenvalue weighted by Gasteiger charge is -2.25. The number of benzene rings is 2. The third-order valence-electron chi connectivity index (χ3n) is 4.19. The van der Waals surface area contributed by atoms with Crippen molar-refractivity contribution in [3.63, 3.8) is 0 Å². The molecule has 5 nitrogen and oxygen atoms in total. The minimum Gasteiger partial charge on any atom is -0.390 e. The first-order chi connectivity index (χ1) is 13.0. The lowest BCUT2D eigenvalue weighted by Crippen LogP contribution is -2.43. The monoisotopic (exact) mass is 389 g/mol. The van der Waals surface area contributed by atoms with Gasteiger partial charge in [0.15, 0.2) is 6.10 Å². The van der Waals surface area contributed by atoms with Crippen molar-refractivity contribution in [3.8, 4) is 0 Å². The quantitative estimate of drug-likeness (QED) is 0.804. The van der Waals surface area contributed by atoms with E-state index in [0.29, 0.717) is 42.4 Å². The van der Waals surface area contributed by atoms with E-state index in [-0.39, 0.29) is 18.0 Å². The molecule has 1 N–H and O–H groups in total.